The molecule has 3 aliphatic heterocycles. The highest BCUT2D eigenvalue weighted by molar-refractivity contribution is 5.87. The van der Waals surface area contributed by atoms with E-state index in [-0.39, 0.29) is 10.8 Å². The standard InChI is InChI=1S/C35H35N.C33H35N.C30H27NO.C29H27NO2/c1-23-7-3-5-9-34(23)36(35-10-6-4-8-24(35)2)31-14-11-27(12-15-31)28-13-16-32-29-18-25-17-26(19-29)21-30(20-25)33(32)22-28;1-23-11-7-9-13-30(23)34(31-14-10-8-12-24(31)2)27-18-15-25(16-19-27)26-17-20-28-29(21-26)33(5,6)22-32(28,3)4;1-20-7-3-5-9-27(20)31(28-10-6-4-8-21(28)2)24-14-11-22(12-15-24)23-13-16-25-26(19-23)30-18-17-29(25)32-30;1-20-9-5-7-11-25(20)30(26-12-8-6-10-21(26)2)24-16-13-22(14-17-24)23-15-18-27-28(19-23)32-29(3,4)31-27/h3-16,22,25-26,29-30H,17-21H2,1-2H3;7-21H,22H2,1-6H3;3-16,19,29-30H,17-18H2,1-2H3;5-19H,1-4H3. The average Bonchev–Trinajstić information content (AvgIpc) is 1.60. The molecule has 6 bridgehead atoms. The Kier molecular flexibility index (Phi) is 24.2. The molecule has 4 unspecified atom stereocenters. The smallest absolute Gasteiger partial charge is 0.246 e. The van der Waals surface area contributed by atoms with Crippen LogP contribution < -0.4 is 29.1 Å². The van der Waals surface area contributed by atoms with Crippen molar-refractivity contribution in [3.05, 3.63) is 442 Å². The van der Waals surface area contributed by atoms with Crippen LogP contribution in [0.4, 0.5) is 68.2 Å². The molecular weight excluding hydrogens is 1630 g/mol. The minimum Gasteiger partial charge on any atom is -0.449 e. The zero-order valence-electron chi connectivity index (χ0n) is 80.3. The first kappa shape index (κ1) is 88.2. The molecule has 7 heteroatoms. The summed E-state index contributed by atoms with van der Waals surface area (Å²) in [4.78, 5) is 9.48. The van der Waals surface area contributed by atoms with E-state index in [4.69, 9.17) is 14.2 Å². The molecule has 8 aliphatic rings. The number of anilines is 12. The van der Waals surface area contributed by atoms with Crippen LogP contribution in [-0.2, 0) is 15.6 Å². The summed E-state index contributed by atoms with van der Waals surface area (Å²) in [6.07, 6.45) is 11.3. The first-order valence-corrected chi connectivity index (χ1v) is 48.6. The normalized spacial score (nSPS) is 18.1. The van der Waals surface area contributed by atoms with Gasteiger partial charge >= 0.3 is 0 Å². The highest BCUT2D eigenvalue weighted by Gasteiger charge is 2.44. The summed E-state index contributed by atoms with van der Waals surface area (Å²) < 4.78 is 17.9. The van der Waals surface area contributed by atoms with Gasteiger partial charge in [0.25, 0.3) is 0 Å². The van der Waals surface area contributed by atoms with Crippen molar-refractivity contribution in [2.75, 3.05) is 19.6 Å². The van der Waals surface area contributed by atoms with Crippen molar-refractivity contribution >= 4 is 68.2 Å². The van der Waals surface area contributed by atoms with Crippen LogP contribution in [-0.4, -0.2) is 5.79 Å². The maximum Gasteiger partial charge on any atom is 0.246 e. The lowest BCUT2D eigenvalue weighted by Crippen LogP contribution is -2.29. The monoisotopic (exact) mass is 1750 g/mol. The summed E-state index contributed by atoms with van der Waals surface area (Å²) in [7, 11) is 0. The fourth-order valence-electron chi connectivity index (χ4n) is 23.2. The molecule has 16 aromatic rings. The zero-order valence-corrected chi connectivity index (χ0v) is 80.3. The molecule has 0 radical (unpaired) electrons. The Morgan fingerprint density at radius 2 is 0.500 bits per heavy atom. The van der Waals surface area contributed by atoms with E-state index >= 15 is 0 Å². The molecule has 5 aliphatic carbocycles. The minimum absolute atomic E-state index is 0.210. The van der Waals surface area contributed by atoms with Crippen molar-refractivity contribution in [1.82, 2.24) is 0 Å². The molecule has 2 saturated carbocycles. The van der Waals surface area contributed by atoms with Gasteiger partial charge in [0, 0.05) is 82.1 Å². The summed E-state index contributed by atoms with van der Waals surface area (Å²) in [5.74, 6) is 4.50. The van der Waals surface area contributed by atoms with E-state index in [9.17, 15) is 0 Å². The van der Waals surface area contributed by atoms with Gasteiger partial charge in [-0.2, -0.15) is 0 Å². The molecule has 7 nitrogen and oxygen atoms in total. The van der Waals surface area contributed by atoms with Crippen LogP contribution >= 0.6 is 0 Å². The van der Waals surface area contributed by atoms with Crippen molar-refractivity contribution in [2.45, 2.75) is 189 Å². The number of hydrogen-bond donors (Lipinski definition) is 0. The van der Waals surface area contributed by atoms with Gasteiger partial charge in [0.15, 0.2) is 11.5 Å². The predicted molar refractivity (Wildman–Crippen MR) is 561 cm³/mol. The number of fused-ring (bicyclic) bond motifs is 7. The molecule has 0 amide bonds. The van der Waals surface area contributed by atoms with Crippen molar-refractivity contribution < 1.29 is 14.2 Å². The van der Waals surface area contributed by atoms with Gasteiger partial charge in [0.1, 0.15) is 0 Å². The summed E-state index contributed by atoms with van der Waals surface area (Å²) >= 11 is 0. The molecule has 0 N–H and O–H groups in total. The van der Waals surface area contributed by atoms with Gasteiger partial charge in [-0.25, -0.2) is 0 Å². The lowest BCUT2D eigenvalue weighted by atomic mass is 9.67. The van der Waals surface area contributed by atoms with Crippen LogP contribution in [0.5, 0.6) is 11.5 Å². The number of hydrogen-bond acceptors (Lipinski definition) is 7. The SMILES string of the molecule is Cc1ccccc1N(c1ccc(-c2ccc3c(c2)C(C)(C)CC3(C)C)cc1)c1ccccc1C.Cc1ccccc1N(c1ccc(-c2ccc3c(c2)C2CC4CC(CC3C4)C2)cc1)c1ccccc1C.Cc1ccccc1N(c1ccc(-c2ccc3c(c2)C2CCC3O2)cc1)c1ccccc1C.Cc1ccccc1N(c1ccc(-c2ccc3c(c2)OC(C)(C)O3)cc1)c1ccccc1C. The highest BCUT2D eigenvalue weighted by Crippen LogP contribution is 2.58. The second-order valence-electron chi connectivity index (χ2n) is 40.5. The molecule has 3 fully saturated rings. The first-order valence-electron chi connectivity index (χ1n) is 48.6. The van der Waals surface area contributed by atoms with Gasteiger partial charge in [-0.3, -0.25) is 0 Å². The van der Waals surface area contributed by atoms with Crippen molar-refractivity contribution in [2.24, 2.45) is 11.8 Å². The number of benzene rings is 16. The molecule has 3 heterocycles. The number of aryl methyl sites for hydroxylation is 8. The Morgan fingerprint density at radius 1 is 0.231 bits per heavy atom. The van der Waals surface area contributed by atoms with Gasteiger partial charge in [0.05, 0.1) is 12.2 Å². The van der Waals surface area contributed by atoms with Gasteiger partial charge < -0.3 is 33.8 Å². The van der Waals surface area contributed by atoms with Crippen LogP contribution in [0.2, 0.25) is 0 Å². The van der Waals surface area contributed by atoms with Crippen molar-refractivity contribution in [3.8, 4) is 56.0 Å². The molecule has 16 aromatic carbocycles. The molecule has 134 heavy (non-hydrogen) atoms. The third-order valence-electron chi connectivity index (χ3n) is 29.6. The third-order valence-corrected chi connectivity index (χ3v) is 29.6. The van der Waals surface area contributed by atoms with Crippen LogP contribution in [0.25, 0.3) is 44.5 Å². The second-order valence-corrected chi connectivity index (χ2v) is 40.5. The Hall–Kier alpha value is -13.7. The van der Waals surface area contributed by atoms with Gasteiger partial charge in [-0.15, -0.1) is 0 Å². The lowest BCUT2D eigenvalue weighted by Gasteiger charge is -2.38. The zero-order chi connectivity index (χ0) is 92.3. The van der Waals surface area contributed by atoms with Crippen molar-refractivity contribution in [3.63, 3.8) is 0 Å². The van der Waals surface area contributed by atoms with Gasteiger partial charge in [0.2, 0.25) is 5.79 Å². The first-order chi connectivity index (χ1) is 64.9. The maximum atomic E-state index is 6.10. The summed E-state index contributed by atoms with van der Waals surface area (Å²) in [6, 6.07) is 132. The molecule has 670 valence electrons. The third kappa shape index (κ3) is 17.7. The molecule has 0 aromatic heterocycles. The summed E-state index contributed by atoms with van der Waals surface area (Å²) in [5.41, 5.74) is 44.0. The van der Waals surface area contributed by atoms with Gasteiger partial charge in [-0.05, 0) is 379 Å². The van der Waals surface area contributed by atoms with Gasteiger partial charge in [-0.1, -0.05) is 276 Å². The predicted octanol–water partition coefficient (Wildman–Crippen LogP) is 35.5. The maximum absolute atomic E-state index is 6.10. The molecular formula is C127H124N4O3. The Labute approximate surface area is 795 Å². The summed E-state index contributed by atoms with van der Waals surface area (Å²) in [6.45, 7) is 30.8. The topological polar surface area (TPSA) is 40.7 Å². The highest BCUT2D eigenvalue weighted by atomic mass is 16.7. The Balaban J connectivity index is 0.000000111. The van der Waals surface area contributed by atoms with E-state index in [2.05, 4.69) is 461 Å². The average molecular weight is 1750 g/mol. The number of para-hydroxylation sites is 8. The molecule has 24 rings (SSSR count). The van der Waals surface area contributed by atoms with E-state index in [1.54, 1.807) is 11.1 Å². The fraction of sp³-hybridized carbons (Fsp3) is 0.244. The number of ether oxygens (including phenoxy) is 3. The fourth-order valence-corrected chi connectivity index (χ4v) is 23.2. The van der Waals surface area contributed by atoms with Crippen LogP contribution in [0.1, 0.15) is 195 Å². The van der Waals surface area contributed by atoms with Crippen LogP contribution in [0.3, 0.4) is 0 Å². The molecule has 0 spiro atoms. The molecule has 1 saturated heterocycles. The second kappa shape index (κ2) is 36.7. The number of nitrogens with zero attached hydrogens (tertiary/aromatic N) is 4. The molecule has 4 atom stereocenters. The Bertz CT molecular complexity index is 6800. The van der Waals surface area contributed by atoms with E-state index in [0.717, 1.165) is 58.4 Å². The number of rotatable bonds is 16. The lowest BCUT2D eigenvalue weighted by molar-refractivity contribution is -0.0431. The van der Waals surface area contributed by atoms with Crippen LogP contribution in [0, 0.1) is 67.2 Å². The summed E-state index contributed by atoms with van der Waals surface area (Å²) in [5, 5.41) is 0. The van der Waals surface area contributed by atoms with E-state index in [1.165, 1.54) is 208 Å². The van der Waals surface area contributed by atoms with E-state index in [0.29, 0.717) is 12.2 Å². The van der Waals surface area contributed by atoms with E-state index < -0.39 is 5.79 Å². The largest absolute Gasteiger partial charge is 0.449 e. The quantitative estimate of drug-likeness (QED) is 0.0955. The van der Waals surface area contributed by atoms with Crippen LogP contribution in [0.15, 0.2) is 364 Å². The van der Waals surface area contributed by atoms with E-state index in [1.807, 2.05) is 19.9 Å². The Morgan fingerprint density at radius 3 is 0.851 bits per heavy atom. The minimum atomic E-state index is -0.619. The van der Waals surface area contributed by atoms with Crippen molar-refractivity contribution in [1.29, 1.82) is 0 Å².